The predicted octanol–water partition coefficient (Wildman–Crippen LogP) is -1.23. The van der Waals surface area contributed by atoms with Crippen LogP contribution in [-0.4, -0.2) is 54.6 Å². The fourth-order valence-corrected chi connectivity index (χ4v) is 1.55. The van der Waals surface area contributed by atoms with Gasteiger partial charge in [0.2, 0.25) is 11.8 Å². The number of methoxy groups -OCH3 is 1. The maximum absolute atomic E-state index is 11.8. The number of hydrogen-bond acceptors (Lipinski definition) is 6. The fraction of sp³-hybridized carbons (Fsp3) is 0.571. The number of carboxylic acid groups (broad SMARTS) is 1. The second-order valence-corrected chi connectivity index (χ2v) is 5.24. The Hall–Kier alpha value is -2.42. The van der Waals surface area contributed by atoms with Crippen LogP contribution in [-0.2, 0) is 23.9 Å². The van der Waals surface area contributed by atoms with E-state index >= 15 is 0 Å². The average Bonchev–Trinajstić information content (AvgIpc) is 2.48. The zero-order valence-electron chi connectivity index (χ0n) is 13.4. The number of aliphatic carboxylic acids is 1. The van der Waals surface area contributed by atoms with Crippen LogP contribution in [0, 0.1) is 5.92 Å². The molecule has 0 fully saturated rings. The van der Waals surface area contributed by atoms with E-state index in [0.29, 0.717) is 0 Å². The van der Waals surface area contributed by atoms with Gasteiger partial charge in [-0.05, 0) is 12.3 Å². The van der Waals surface area contributed by atoms with Crippen LogP contribution in [0.5, 0.6) is 0 Å². The molecule has 0 aromatic carbocycles. The molecule has 0 radical (unpaired) electrons. The van der Waals surface area contributed by atoms with Gasteiger partial charge in [0, 0.05) is 18.7 Å². The zero-order valence-corrected chi connectivity index (χ0v) is 13.4. The molecule has 0 aromatic rings. The van der Waals surface area contributed by atoms with Crippen LogP contribution >= 0.6 is 0 Å². The standard InChI is InChI=1S/C14H23N3O6/c1-8(2)6-10(14(21)22)17-13(20)9(15)7-16-11(18)4-5-12(19)23-3/h4-5,8-10H,6-7,15H2,1-3H3,(H,16,18)(H,17,20)(H,21,22)/b5-4+. The minimum absolute atomic E-state index is 0.0794. The number of hydrogen-bond donors (Lipinski definition) is 4. The summed E-state index contributed by atoms with van der Waals surface area (Å²) < 4.78 is 4.31. The topological polar surface area (TPSA) is 148 Å². The quantitative estimate of drug-likeness (QED) is 0.306. The van der Waals surface area contributed by atoms with Crippen molar-refractivity contribution in [3.63, 3.8) is 0 Å². The molecule has 0 rings (SSSR count). The van der Waals surface area contributed by atoms with E-state index in [1.54, 1.807) is 0 Å². The molecule has 0 aliphatic heterocycles. The Balaban J connectivity index is 4.38. The van der Waals surface area contributed by atoms with Crippen molar-refractivity contribution in [2.45, 2.75) is 32.4 Å². The Labute approximate surface area is 134 Å². The molecule has 0 spiro atoms. The highest BCUT2D eigenvalue weighted by Crippen LogP contribution is 2.05. The Kier molecular flexibility index (Phi) is 9.24. The summed E-state index contributed by atoms with van der Waals surface area (Å²) in [7, 11) is 1.17. The summed E-state index contributed by atoms with van der Waals surface area (Å²) in [6.45, 7) is 3.45. The van der Waals surface area contributed by atoms with E-state index in [9.17, 15) is 19.2 Å². The van der Waals surface area contributed by atoms with Gasteiger partial charge in [-0.1, -0.05) is 13.8 Å². The van der Waals surface area contributed by atoms with Crippen LogP contribution in [0.3, 0.4) is 0 Å². The summed E-state index contributed by atoms with van der Waals surface area (Å²) >= 11 is 0. The van der Waals surface area contributed by atoms with E-state index in [4.69, 9.17) is 10.8 Å². The molecule has 5 N–H and O–H groups in total. The van der Waals surface area contributed by atoms with Gasteiger partial charge in [-0.25, -0.2) is 9.59 Å². The van der Waals surface area contributed by atoms with E-state index in [1.807, 2.05) is 13.8 Å². The molecule has 0 bridgehead atoms. The van der Waals surface area contributed by atoms with Gasteiger partial charge in [0.05, 0.1) is 7.11 Å². The lowest BCUT2D eigenvalue weighted by molar-refractivity contribution is -0.142. The average molecular weight is 329 g/mol. The third-order valence-corrected chi connectivity index (χ3v) is 2.73. The first-order valence-corrected chi connectivity index (χ1v) is 7.00. The molecule has 0 saturated heterocycles. The SMILES string of the molecule is COC(=O)/C=C/C(=O)NCC(N)C(=O)NC(CC(C)C)C(=O)O. The Morgan fingerprint density at radius 3 is 2.30 bits per heavy atom. The van der Waals surface area contributed by atoms with Gasteiger partial charge in [-0.15, -0.1) is 0 Å². The van der Waals surface area contributed by atoms with Crippen molar-refractivity contribution >= 4 is 23.8 Å². The minimum atomic E-state index is -1.15. The summed E-state index contributed by atoms with van der Waals surface area (Å²) in [4.78, 5) is 45.1. The monoisotopic (exact) mass is 329 g/mol. The zero-order chi connectivity index (χ0) is 18.0. The number of carbonyl (C=O) groups excluding carboxylic acids is 3. The molecule has 130 valence electrons. The van der Waals surface area contributed by atoms with E-state index in [2.05, 4.69) is 15.4 Å². The molecule has 0 heterocycles. The van der Waals surface area contributed by atoms with Crippen molar-refractivity contribution in [2.24, 2.45) is 11.7 Å². The third kappa shape index (κ3) is 9.25. The normalized spacial score (nSPS) is 13.4. The van der Waals surface area contributed by atoms with Gasteiger partial charge < -0.3 is 26.2 Å². The van der Waals surface area contributed by atoms with Crippen molar-refractivity contribution < 1.29 is 29.0 Å². The molecular weight excluding hydrogens is 306 g/mol. The molecule has 2 atom stereocenters. The smallest absolute Gasteiger partial charge is 0.330 e. The summed E-state index contributed by atoms with van der Waals surface area (Å²) in [6.07, 6.45) is 2.13. The van der Waals surface area contributed by atoms with Crippen molar-refractivity contribution in [2.75, 3.05) is 13.7 Å². The summed E-state index contributed by atoms with van der Waals surface area (Å²) in [6, 6.07) is -2.15. The lowest BCUT2D eigenvalue weighted by Gasteiger charge is -2.19. The Morgan fingerprint density at radius 2 is 1.83 bits per heavy atom. The summed E-state index contributed by atoms with van der Waals surface area (Å²) in [5, 5.41) is 13.7. The first-order chi connectivity index (χ1) is 10.7. The molecule has 9 heteroatoms. The van der Waals surface area contributed by atoms with Crippen LogP contribution in [0.4, 0.5) is 0 Å². The van der Waals surface area contributed by atoms with Gasteiger partial charge >= 0.3 is 11.9 Å². The molecular formula is C14H23N3O6. The summed E-state index contributed by atoms with van der Waals surface area (Å²) in [5.74, 6) is -3.08. The molecule has 23 heavy (non-hydrogen) atoms. The van der Waals surface area contributed by atoms with Gasteiger partial charge in [0.1, 0.15) is 12.1 Å². The molecule has 0 aromatic heterocycles. The van der Waals surface area contributed by atoms with Gasteiger partial charge in [-0.2, -0.15) is 0 Å². The number of rotatable bonds is 9. The van der Waals surface area contributed by atoms with Gasteiger partial charge in [-0.3, -0.25) is 9.59 Å². The van der Waals surface area contributed by atoms with Gasteiger partial charge in [0.15, 0.2) is 0 Å². The second-order valence-electron chi connectivity index (χ2n) is 5.24. The van der Waals surface area contributed by atoms with E-state index in [0.717, 1.165) is 12.2 Å². The van der Waals surface area contributed by atoms with Crippen molar-refractivity contribution in [1.82, 2.24) is 10.6 Å². The number of carboxylic acids is 1. The maximum atomic E-state index is 11.8. The van der Waals surface area contributed by atoms with E-state index in [-0.39, 0.29) is 18.9 Å². The Morgan fingerprint density at radius 1 is 1.22 bits per heavy atom. The predicted molar refractivity (Wildman–Crippen MR) is 81.2 cm³/mol. The van der Waals surface area contributed by atoms with Crippen LogP contribution in [0.25, 0.3) is 0 Å². The molecule has 0 saturated carbocycles. The molecule has 0 aliphatic rings. The highest BCUT2D eigenvalue weighted by molar-refractivity contribution is 5.95. The first-order valence-electron chi connectivity index (χ1n) is 7.00. The fourth-order valence-electron chi connectivity index (χ4n) is 1.55. The number of amides is 2. The van der Waals surface area contributed by atoms with E-state index in [1.165, 1.54) is 7.11 Å². The maximum Gasteiger partial charge on any atom is 0.330 e. The van der Waals surface area contributed by atoms with Crippen molar-refractivity contribution in [3.8, 4) is 0 Å². The van der Waals surface area contributed by atoms with E-state index < -0.39 is 35.8 Å². The highest BCUT2D eigenvalue weighted by Gasteiger charge is 2.24. The Bertz CT molecular complexity index is 475. The van der Waals surface area contributed by atoms with Gasteiger partial charge in [0.25, 0.3) is 0 Å². The summed E-state index contributed by atoms with van der Waals surface area (Å²) in [5.41, 5.74) is 5.59. The first kappa shape index (κ1) is 20.6. The number of carbonyl (C=O) groups is 4. The van der Waals surface area contributed by atoms with Crippen LogP contribution in [0.1, 0.15) is 20.3 Å². The lowest BCUT2D eigenvalue weighted by Crippen LogP contribution is -2.52. The molecule has 2 unspecified atom stereocenters. The molecule has 2 amide bonds. The minimum Gasteiger partial charge on any atom is -0.480 e. The molecule has 0 aliphatic carbocycles. The van der Waals surface area contributed by atoms with Crippen molar-refractivity contribution in [3.05, 3.63) is 12.2 Å². The lowest BCUT2D eigenvalue weighted by atomic mass is 10.0. The largest absolute Gasteiger partial charge is 0.480 e. The van der Waals surface area contributed by atoms with Crippen LogP contribution < -0.4 is 16.4 Å². The van der Waals surface area contributed by atoms with Crippen LogP contribution in [0.15, 0.2) is 12.2 Å². The molecule has 9 nitrogen and oxygen atoms in total. The van der Waals surface area contributed by atoms with Crippen LogP contribution in [0.2, 0.25) is 0 Å². The number of ether oxygens (including phenoxy) is 1. The van der Waals surface area contributed by atoms with Crippen molar-refractivity contribution in [1.29, 1.82) is 0 Å². The highest BCUT2D eigenvalue weighted by atomic mass is 16.5. The number of nitrogens with one attached hydrogen (secondary N) is 2. The number of nitrogens with two attached hydrogens (primary N) is 1. The second kappa shape index (κ2) is 10.3. The number of esters is 1. The third-order valence-electron chi connectivity index (χ3n) is 2.73.